The van der Waals surface area contributed by atoms with Crippen molar-refractivity contribution in [2.75, 3.05) is 19.8 Å². The molecule has 0 saturated carbocycles. The van der Waals surface area contributed by atoms with Crippen LogP contribution in [0.25, 0.3) is 0 Å². The number of aliphatic hydroxyl groups is 11. The third kappa shape index (κ3) is 5.37. The van der Waals surface area contributed by atoms with Crippen molar-refractivity contribution in [3.05, 3.63) is 0 Å². The largest absolute Gasteiger partial charge is 0.394 e. The van der Waals surface area contributed by atoms with Crippen molar-refractivity contribution in [3.63, 3.8) is 0 Å². The first-order valence-corrected chi connectivity index (χ1v) is 10.6. The first-order valence-electron chi connectivity index (χ1n) is 10.6. The van der Waals surface area contributed by atoms with Crippen LogP contribution in [0.3, 0.4) is 0 Å². The lowest BCUT2D eigenvalue weighted by atomic mass is 9.96. The average molecular weight is 504 g/mol. The number of aliphatic hydroxyl groups excluding tert-OH is 11. The molecule has 0 amide bonds. The summed E-state index contributed by atoms with van der Waals surface area (Å²) < 4.78 is 26.4. The van der Waals surface area contributed by atoms with Crippen LogP contribution in [-0.2, 0) is 23.7 Å². The summed E-state index contributed by atoms with van der Waals surface area (Å²) in [6.07, 6.45) is -25.4. The zero-order chi connectivity index (χ0) is 25.3. The van der Waals surface area contributed by atoms with E-state index >= 15 is 0 Å². The van der Waals surface area contributed by atoms with E-state index in [1.807, 2.05) is 0 Å². The summed E-state index contributed by atoms with van der Waals surface area (Å²) in [4.78, 5) is 0. The second-order valence-corrected chi connectivity index (χ2v) is 8.33. The normalized spacial score (nSPS) is 52.5. The smallest absolute Gasteiger partial charge is 0.187 e. The Hall–Kier alpha value is -0.640. The Morgan fingerprint density at radius 3 is 1.50 bits per heavy atom. The van der Waals surface area contributed by atoms with Crippen molar-refractivity contribution in [3.8, 4) is 0 Å². The summed E-state index contributed by atoms with van der Waals surface area (Å²) in [6.45, 7) is -2.34. The predicted octanol–water partition coefficient (Wildman–Crippen LogP) is -7.57. The van der Waals surface area contributed by atoms with E-state index in [0.29, 0.717) is 0 Å². The minimum atomic E-state index is -1.90. The lowest BCUT2D eigenvalue weighted by molar-refractivity contribution is -0.378. The molecule has 1 unspecified atom stereocenters. The van der Waals surface area contributed by atoms with Gasteiger partial charge >= 0.3 is 0 Å². The van der Waals surface area contributed by atoms with Crippen LogP contribution < -0.4 is 0 Å². The molecule has 0 aromatic carbocycles. The van der Waals surface area contributed by atoms with E-state index in [1.54, 1.807) is 0 Å². The van der Waals surface area contributed by atoms with E-state index in [4.69, 9.17) is 23.7 Å². The molecule has 0 radical (unpaired) electrons. The predicted molar refractivity (Wildman–Crippen MR) is 101 cm³/mol. The van der Waals surface area contributed by atoms with E-state index in [0.717, 1.165) is 0 Å². The van der Waals surface area contributed by atoms with Crippen molar-refractivity contribution in [1.29, 1.82) is 0 Å². The molecule has 11 N–H and O–H groups in total. The van der Waals surface area contributed by atoms with E-state index in [-0.39, 0.29) is 0 Å². The van der Waals surface area contributed by atoms with E-state index in [9.17, 15) is 56.2 Å². The molecule has 3 saturated heterocycles. The third-order valence-corrected chi connectivity index (χ3v) is 6.09. The van der Waals surface area contributed by atoms with Crippen LogP contribution in [0.5, 0.6) is 0 Å². The SMILES string of the molecule is OC[C@H]1O[C@@H](O[C@H]2[C@@H](O)[C@@H](CO)O[C@@H](O[C@H]3[C@H](O)[C@H](O)C(O)O[C@@H]3CO)[C@@H]2O)[C@H](O)[C@@H](O)[C@H]1O. The average Bonchev–Trinajstić information content (AvgIpc) is 2.83. The second kappa shape index (κ2) is 11.6. The number of hydrogen-bond donors (Lipinski definition) is 11. The summed E-state index contributed by atoms with van der Waals surface area (Å²) >= 11 is 0. The highest BCUT2D eigenvalue weighted by Crippen LogP contribution is 2.32. The lowest BCUT2D eigenvalue weighted by Crippen LogP contribution is -2.66. The molecule has 200 valence electrons. The highest BCUT2D eigenvalue weighted by Gasteiger charge is 2.53. The zero-order valence-corrected chi connectivity index (χ0v) is 17.7. The van der Waals surface area contributed by atoms with Crippen LogP contribution in [0.2, 0.25) is 0 Å². The Labute approximate surface area is 192 Å². The van der Waals surface area contributed by atoms with Gasteiger partial charge in [0, 0.05) is 0 Å². The van der Waals surface area contributed by atoms with Gasteiger partial charge in [-0.1, -0.05) is 0 Å². The Kier molecular flexibility index (Phi) is 9.54. The van der Waals surface area contributed by atoms with Crippen LogP contribution in [0.4, 0.5) is 0 Å². The van der Waals surface area contributed by atoms with Crippen molar-refractivity contribution in [2.24, 2.45) is 0 Å². The summed E-state index contributed by atoms with van der Waals surface area (Å²) in [6, 6.07) is 0. The molecule has 0 aromatic rings. The highest BCUT2D eigenvalue weighted by atomic mass is 16.7. The van der Waals surface area contributed by atoms with Gasteiger partial charge in [0.25, 0.3) is 0 Å². The summed E-state index contributed by atoms with van der Waals surface area (Å²) in [5.74, 6) is 0. The van der Waals surface area contributed by atoms with Gasteiger partial charge in [0.1, 0.15) is 73.2 Å². The van der Waals surface area contributed by atoms with Gasteiger partial charge in [-0.05, 0) is 0 Å². The molecule has 0 spiro atoms. The fourth-order valence-corrected chi connectivity index (χ4v) is 4.05. The molecule has 34 heavy (non-hydrogen) atoms. The van der Waals surface area contributed by atoms with E-state index in [1.165, 1.54) is 0 Å². The van der Waals surface area contributed by atoms with Crippen LogP contribution in [-0.4, -0.2) is 168 Å². The van der Waals surface area contributed by atoms with Gasteiger partial charge in [0.05, 0.1) is 19.8 Å². The first-order chi connectivity index (χ1) is 16.0. The maximum absolute atomic E-state index is 10.8. The van der Waals surface area contributed by atoms with Crippen molar-refractivity contribution in [1.82, 2.24) is 0 Å². The van der Waals surface area contributed by atoms with Crippen molar-refractivity contribution < 1.29 is 79.9 Å². The summed E-state index contributed by atoms with van der Waals surface area (Å²) in [5, 5.41) is 109. The van der Waals surface area contributed by atoms with Crippen molar-refractivity contribution >= 4 is 0 Å². The maximum Gasteiger partial charge on any atom is 0.187 e. The van der Waals surface area contributed by atoms with Crippen LogP contribution >= 0.6 is 0 Å². The fourth-order valence-electron chi connectivity index (χ4n) is 4.05. The molecule has 0 aliphatic carbocycles. The highest BCUT2D eigenvalue weighted by molar-refractivity contribution is 4.96. The Balaban J connectivity index is 1.78. The van der Waals surface area contributed by atoms with Gasteiger partial charge < -0.3 is 79.9 Å². The minimum Gasteiger partial charge on any atom is -0.394 e. The van der Waals surface area contributed by atoms with Crippen molar-refractivity contribution in [2.45, 2.75) is 92.1 Å². The van der Waals surface area contributed by atoms with E-state index in [2.05, 4.69) is 0 Å². The summed E-state index contributed by atoms with van der Waals surface area (Å²) in [7, 11) is 0. The van der Waals surface area contributed by atoms with Crippen LogP contribution in [0.15, 0.2) is 0 Å². The second-order valence-electron chi connectivity index (χ2n) is 8.33. The van der Waals surface area contributed by atoms with Gasteiger partial charge in [-0.2, -0.15) is 0 Å². The fraction of sp³-hybridized carbons (Fsp3) is 1.00. The summed E-state index contributed by atoms with van der Waals surface area (Å²) in [5.41, 5.74) is 0. The monoisotopic (exact) mass is 504 g/mol. The minimum absolute atomic E-state index is 0.759. The molecular weight excluding hydrogens is 472 g/mol. The van der Waals surface area contributed by atoms with Gasteiger partial charge in [-0.3, -0.25) is 0 Å². The van der Waals surface area contributed by atoms with Crippen LogP contribution in [0, 0.1) is 0 Å². The number of ether oxygens (including phenoxy) is 5. The van der Waals surface area contributed by atoms with Crippen LogP contribution in [0.1, 0.15) is 0 Å². The maximum atomic E-state index is 10.8. The topological polar surface area (TPSA) is 269 Å². The van der Waals surface area contributed by atoms with E-state index < -0.39 is 112 Å². The molecule has 0 aromatic heterocycles. The lowest BCUT2D eigenvalue weighted by Gasteiger charge is -2.47. The zero-order valence-electron chi connectivity index (χ0n) is 17.7. The molecule has 3 aliphatic rings. The molecule has 3 fully saturated rings. The van der Waals surface area contributed by atoms with Gasteiger partial charge in [0.2, 0.25) is 0 Å². The molecule has 16 nitrogen and oxygen atoms in total. The standard InChI is InChI=1S/C18H32O16/c19-1-4-7(22)9(24)12(27)17(31-4)34-15-8(23)5(2-20)32-18(13(15)28)33-14-6(3-21)30-16(29)11(26)10(14)25/h4-29H,1-3H2/t4-,5-,6-,7+,8+,9+,10-,11+,12-,13-,14-,15+,16?,17+,18+/m1/s1. The Morgan fingerprint density at radius 2 is 0.941 bits per heavy atom. The first kappa shape index (κ1) is 27.9. The Bertz CT molecular complexity index is 637. The molecule has 3 aliphatic heterocycles. The van der Waals surface area contributed by atoms with Gasteiger partial charge in [-0.15, -0.1) is 0 Å². The molecular formula is C18H32O16. The molecule has 3 rings (SSSR count). The molecule has 3 heterocycles. The quantitative estimate of drug-likeness (QED) is 0.154. The van der Waals surface area contributed by atoms with Gasteiger partial charge in [0.15, 0.2) is 18.9 Å². The molecule has 16 heteroatoms. The third-order valence-electron chi connectivity index (χ3n) is 6.09. The Morgan fingerprint density at radius 1 is 0.441 bits per heavy atom. The number of hydrogen-bond acceptors (Lipinski definition) is 16. The van der Waals surface area contributed by atoms with Gasteiger partial charge in [-0.25, -0.2) is 0 Å². The molecule has 0 bridgehead atoms. The molecule has 15 atom stereocenters. The number of rotatable bonds is 7.